The summed E-state index contributed by atoms with van der Waals surface area (Å²) < 4.78 is 5.28. The Morgan fingerprint density at radius 3 is 2.83 bits per heavy atom. The van der Waals surface area contributed by atoms with Gasteiger partial charge in [0.25, 0.3) is 0 Å². The molecule has 0 radical (unpaired) electrons. The molecule has 0 aliphatic carbocycles. The third-order valence-corrected chi connectivity index (χ3v) is 3.43. The van der Waals surface area contributed by atoms with Gasteiger partial charge in [-0.3, -0.25) is 0 Å². The smallest absolute Gasteiger partial charge is 0.227 e. The number of aryl methyl sites for hydroxylation is 1. The van der Waals surface area contributed by atoms with Gasteiger partial charge >= 0.3 is 0 Å². The number of aromatic nitrogens is 2. The lowest BCUT2D eigenvalue weighted by Gasteiger charge is -2.25. The van der Waals surface area contributed by atoms with Crippen LogP contribution in [-0.2, 0) is 12.8 Å². The average molecular weight is 252 g/mol. The maximum absolute atomic E-state index is 5.28. The van der Waals surface area contributed by atoms with Crippen LogP contribution in [0.25, 0.3) is 0 Å². The standard InChI is InChI=1S/C13H24N4O/c1-14-8-5-6-12-15-13(18-16-12)7-11-17-9-3-2-4-10-17/h14H,2-11H2,1H3. The minimum absolute atomic E-state index is 0.792. The molecule has 1 aliphatic heterocycles. The summed E-state index contributed by atoms with van der Waals surface area (Å²) in [6.07, 6.45) is 6.89. The predicted molar refractivity (Wildman–Crippen MR) is 70.5 cm³/mol. The largest absolute Gasteiger partial charge is 0.339 e. The van der Waals surface area contributed by atoms with E-state index in [2.05, 4.69) is 20.4 Å². The molecule has 0 bridgehead atoms. The molecule has 5 heteroatoms. The van der Waals surface area contributed by atoms with Crippen LogP contribution >= 0.6 is 0 Å². The number of likely N-dealkylation sites (tertiary alicyclic amines) is 1. The van der Waals surface area contributed by atoms with Crippen molar-refractivity contribution in [1.82, 2.24) is 20.4 Å². The monoisotopic (exact) mass is 252 g/mol. The summed E-state index contributed by atoms with van der Waals surface area (Å²) in [5, 5.41) is 7.14. The first-order valence-electron chi connectivity index (χ1n) is 7.07. The number of hydrogen-bond donors (Lipinski definition) is 1. The Balaban J connectivity index is 1.69. The van der Waals surface area contributed by atoms with Crippen molar-refractivity contribution in [3.05, 3.63) is 11.7 Å². The molecular formula is C13H24N4O. The van der Waals surface area contributed by atoms with E-state index >= 15 is 0 Å². The van der Waals surface area contributed by atoms with E-state index in [9.17, 15) is 0 Å². The molecule has 0 atom stereocenters. The summed E-state index contributed by atoms with van der Waals surface area (Å²) >= 11 is 0. The van der Waals surface area contributed by atoms with E-state index in [-0.39, 0.29) is 0 Å². The predicted octanol–water partition coefficient (Wildman–Crippen LogP) is 1.25. The first kappa shape index (κ1) is 13.5. The van der Waals surface area contributed by atoms with Gasteiger partial charge in [-0.15, -0.1) is 0 Å². The zero-order valence-corrected chi connectivity index (χ0v) is 11.3. The van der Waals surface area contributed by atoms with Gasteiger partial charge in [-0.05, 0) is 45.9 Å². The number of rotatable bonds is 7. The van der Waals surface area contributed by atoms with Crippen LogP contribution in [0.1, 0.15) is 37.4 Å². The summed E-state index contributed by atoms with van der Waals surface area (Å²) in [4.78, 5) is 6.93. The number of nitrogens with zero attached hydrogens (tertiary/aromatic N) is 3. The molecule has 1 aromatic heterocycles. The van der Waals surface area contributed by atoms with Gasteiger partial charge in [0, 0.05) is 19.4 Å². The van der Waals surface area contributed by atoms with Gasteiger partial charge in [0.1, 0.15) is 0 Å². The summed E-state index contributed by atoms with van der Waals surface area (Å²) in [7, 11) is 1.96. The van der Waals surface area contributed by atoms with Crippen LogP contribution in [0.3, 0.4) is 0 Å². The van der Waals surface area contributed by atoms with E-state index in [1.807, 2.05) is 7.05 Å². The highest BCUT2D eigenvalue weighted by Crippen LogP contribution is 2.09. The summed E-state index contributed by atoms with van der Waals surface area (Å²) in [6.45, 7) is 4.50. The molecular weight excluding hydrogens is 228 g/mol. The van der Waals surface area contributed by atoms with Crippen molar-refractivity contribution in [2.24, 2.45) is 0 Å². The number of piperidine rings is 1. The Labute approximate surface area is 109 Å². The lowest BCUT2D eigenvalue weighted by Crippen LogP contribution is -2.31. The second-order valence-corrected chi connectivity index (χ2v) is 4.96. The summed E-state index contributed by atoms with van der Waals surface area (Å²) in [5.41, 5.74) is 0. The molecule has 1 saturated heterocycles. The molecule has 0 spiro atoms. The third-order valence-electron chi connectivity index (χ3n) is 3.43. The van der Waals surface area contributed by atoms with E-state index in [0.717, 1.165) is 44.1 Å². The van der Waals surface area contributed by atoms with Crippen LogP contribution in [-0.4, -0.2) is 48.3 Å². The van der Waals surface area contributed by atoms with Crippen molar-refractivity contribution in [3.63, 3.8) is 0 Å². The molecule has 1 fully saturated rings. The zero-order chi connectivity index (χ0) is 12.6. The molecule has 1 aromatic rings. The third kappa shape index (κ3) is 4.38. The fraction of sp³-hybridized carbons (Fsp3) is 0.846. The van der Waals surface area contributed by atoms with E-state index in [0.29, 0.717) is 0 Å². The Bertz CT molecular complexity index is 333. The van der Waals surface area contributed by atoms with Crippen molar-refractivity contribution in [2.45, 2.75) is 38.5 Å². The van der Waals surface area contributed by atoms with Crippen molar-refractivity contribution in [2.75, 3.05) is 33.2 Å². The highest BCUT2D eigenvalue weighted by Gasteiger charge is 2.12. The van der Waals surface area contributed by atoms with Crippen LogP contribution in [0.4, 0.5) is 0 Å². The van der Waals surface area contributed by atoms with Gasteiger partial charge in [-0.2, -0.15) is 4.98 Å². The average Bonchev–Trinajstić information content (AvgIpc) is 2.86. The Morgan fingerprint density at radius 1 is 1.22 bits per heavy atom. The molecule has 0 aromatic carbocycles. The molecule has 102 valence electrons. The van der Waals surface area contributed by atoms with Gasteiger partial charge in [-0.1, -0.05) is 11.6 Å². The van der Waals surface area contributed by atoms with Gasteiger partial charge < -0.3 is 14.7 Å². The topological polar surface area (TPSA) is 54.2 Å². The molecule has 18 heavy (non-hydrogen) atoms. The quantitative estimate of drug-likeness (QED) is 0.740. The molecule has 0 unspecified atom stereocenters. The van der Waals surface area contributed by atoms with Crippen LogP contribution in [0.5, 0.6) is 0 Å². The van der Waals surface area contributed by atoms with Crippen molar-refractivity contribution < 1.29 is 4.52 Å². The maximum Gasteiger partial charge on any atom is 0.227 e. The Hall–Kier alpha value is -0.940. The molecule has 5 nitrogen and oxygen atoms in total. The molecule has 0 saturated carbocycles. The Kier molecular flexibility index (Phi) is 5.61. The van der Waals surface area contributed by atoms with Gasteiger partial charge in [-0.25, -0.2) is 0 Å². The van der Waals surface area contributed by atoms with Crippen molar-refractivity contribution in [3.8, 4) is 0 Å². The highest BCUT2D eigenvalue weighted by atomic mass is 16.5. The van der Waals surface area contributed by atoms with Crippen LogP contribution in [0.15, 0.2) is 4.52 Å². The van der Waals surface area contributed by atoms with Gasteiger partial charge in [0.2, 0.25) is 5.89 Å². The minimum atomic E-state index is 0.792. The maximum atomic E-state index is 5.28. The van der Waals surface area contributed by atoms with Gasteiger partial charge in [0.15, 0.2) is 5.82 Å². The second kappa shape index (κ2) is 7.48. The minimum Gasteiger partial charge on any atom is -0.339 e. The molecule has 2 heterocycles. The molecule has 0 amide bonds. The lowest BCUT2D eigenvalue weighted by molar-refractivity contribution is 0.223. The SMILES string of the molecule is CNCCCc1noc(CCN2CCCCC2)n1. The fourth-order valence-electron chi connectivity index (χ4n) is 2.35. The number of hydrogen-bond acceptors (Lipinski definition) is 5. The summed E-state index contributed by atoms with van der Waals surface area (Å²) in [6, 6.07) is 0. The van der Waals surface area contributed by atoms with Crippen molar-refractivity contribution in [1.29, 1.82) is 0 Å². The van der Waals surface area contributed by atoms with Crippen LogP contribution < -0.4 is 5.32 Å². The van der Waals surface area contributed by atoms with Crippen molar-refractivity contribution >= 4 is 0 Å². The lowest BCUT2D eigenvalue weighted by atomic mass is 10.1. The van der Waals surface area contributed by atoms with Gasteiger partial charge in [0.05, 0.1) is 0 Å². The van der Waals surface area contributed by atoms with E-state index < -0.39 is 0 Å². The first-order chi connectivity index (χ1) is 8.88. The van der Waals surface area contributed by atoms with Crippen LogP contribution in [0.2, 0.25) is 0 Å². The summed E-state index contributed by atoms with van der Waals surface area (Å²) in [5.74, 6) is 1.64. The fourth-order valence-corrected chi connectivity index (χ4v) is 2.35. The highest BCUT2D eigenvalue weighted by molar-refractivity contribution is 4.87. The zero-order valence-electron chi connectivity index (χ0n) is 11.3. The van der Waals surface area contributed by atoms with E-state index in [4.69, 9.17) is 4.52 Å². The molecule has 1 aliphatic rings. The normalized spacial score (nSPS) is 17.2. The van der Waals surface area contributed by atoms with E-state index in [1.165, 1.54) is 32.4 Å². The number of nitrogens with one attached hydrogen (secondary N) is 1. The van der Waals surface area contributed by atoms with Crippen LogP contribution in [0, 0.1) is 0 Å². The molecule has 1 N–H and O–H groups in total. The Morgan fingerprint density at radius 2 is 2.06 bits per heavy atom. The molecule has 2 rings (SSSR count). The first-order valence-corrected chi connectivity index (χ1v) is 7.07. The van der Waals surface area contributed by atoms with E-state index in [1.54, 1.807) is 0 Å². The second-order valence-electron chi connectivity index (χ2n) is 4.96.